The molecule has 15 heavy (non-hydrogen) atoms. The Morgan fingerprint density at radius 3 is 2.87 bits per heavy atom. The van der Waals surface area contributed by atoms with Crippen molar-refractivity contribution in [3.63, 3.8) is 0 Å². The van der Waals surface area contributed by atoms with E-state index in [0.29, 0.717) is 6.61 Å². The Balaban J connectivity index is 1.79. The first-order valence-corrected chi connectivity index (χ1v) is 5.36. The Bertz CT molecular complexity index is 291. The molecule has 0 unspecified atom stereocenters. The highest BCUT2D eigenvalue weighted by atomic mass is 16.5. The maximum absolute atomic E-state index is 5.64. The molecule has 1 N–H and O–H groups in total. The molecule has 1 aliphatic rings. The van der Waals surface area contributed by atoms with Crippen LogP contribution in [0.1, 0.15) is 5.56 Å². The van der Waals surface area contributed by atoms with Gasteiger partial charge < -0.3 is 14.8 Å². The number of rotatable bonds is 3. The summed E-state index contributed by atoms with van der Waals surface area (Å²) in [4.78, 5) is 0. The Morgan fingerprint density at radius 1 is 1.40 bits per heavy atom. The van der Waals surface area contributed by atoms with Crippen molar-refractivity contribution in [2.24, 2.45) is 0 Å². The first-order chi connectivity index (χ1) is 7.34. The van der Waals surface area contributed by atoms with Crippen molar-refractivity contribution in [2.45, 2.75) is 13.0 Å². The molecule has 0 saturated carbocycles. The average molecular weight is 207 g/mol. The van der Waals surface area contributed by atoms with Gasteiger partial charge in [-0.05, 0) is 19.1 Å². The lowest BCUT2D eigenvalue weighted by atomic mass is 10.2. The lowest BCUT2D eigenvalue weighted by Crippen LogP contribution is -2.41. The monoisotopic (exact) mass is 207 g/mol. The van der Waals surface area contributed by atoms with Gasteiger partial charge in [0.1, 0.15) is 18.5 Å². The normalized spacial score (nSPS) is 21.3. The highest BCUT2D eigenvalue weighted by molar-refractivity contribution is 5.26. The zero-order valence-corrected chi connectivity index (χ0v) is 9.03. The number of benzene rings is 1. The van der Waals surface area contributed by atoms with Gasteiger partial charge in [-0.2, -0.15) is 0 Å². The number of hydrogen-bond donors (Lipinski definition) is 1. The SMILES string of the molecule is Cc1ccc(OC[C@@H]2CNCCO2)cc1. The van der Waals surface area contributed by atoms with Crippen LogP contribution in [0.3, 0.4) is 0 Å². The molecule has 1 saturated heterocycles. The summed E-state index contributed by atoms with van der Waals surface area (Å²) in [5, 5.41) is 3.28. The van der Waals surface area contributed by atoms with Crippen molar-refractivity contribution in [1.29, 1.82) is 0 Å². The first kappa shape index (κ1) is 10.5. The molecule has 1 aliphatic heterocycles. The van der Waals surface area contributed by atoms with Gasteiger partial charge in [0.05, 0.1) is 6.61 Å². The van der Waals surface area contributed by atoms with E-state index in [2.05, 4.69) is 24.4 Å². The van der Waals surface area contributed by atoms with E-state index in [1.165, 1.54) is 5.56 Å². The fraction of sp³-hybridized carbons (Fsp3) is 0.500. The molecule has 0 radical (unpaired) electrons. The van der Waals surface area contributed by atoms with Crippen LogP contribution in [0.2, 0.25) is 0 Å². The molecular weight excluding hydrogens is 190 g/mol. The molecule has 1 aromatic carbocycles. The van der Waals surface area contributed by atoms with Crippen LogP contribution in [0, 0.1) is 6.92 Å². The highest BCUT2D eigenvalue weighted by Gasteiger charge is 2.13. The van der Waals surface area contributed by atoms with Gasteiger partial charge in [0.2, 0.25) is 0 Å². The van der Waals surface area contributed by atoms with Gasteiger partial charge in [0.15, 0.2) is 0 Å². The Morgan fingerprint density at radius 2 is 2.20 bits per heavy atom. The lowest BCUT2D eigenvalue weighted by Gasteiger charge is -2.23. The number of morpholine rings is 1. The molecule has 0 amide bonds. The predicted molar refractivity (Wildman–Crippen MR) is 59.3 cm³/mol. The van der Waals surface area contributed by atoms with Crippen LogP contribution in [0.25, 0.3) is 0 Å². The van der Waals surface area contributed by atoms with E-state index >= 15 is 0 Å². The van der Waals surface area contributed by atoms with Crippen LogP contribution in [-0.2, 0) is 4.74 Å². The van der Waals surface area contributed by atoms with Crippen LogP contribution in [0.15, 0.2) is 24.3 Å². The quantitative estimate of drug-likeness (QED) is 0.812. The average Bonchev–Trinajstić information content (AvgIpc) is 2.30. The maximum Gasteiger partial charge on any atom is 0.119 e. The van der Waals surface area contributed by atoms with Crippen molar-refractivity contribution in [2.75, 3.05) is 26.3 Å². The lowest BCUT2D eigenvalue weighted by molar-refractivity contribution is 0.000194. The van der Waals surface area contributed by atoms with Crippen LogP contribution < -0.4 is 10.1 Å². The third kappa shape index (κ3) is 3.22. The summed E-state index contributed by atoms with van der Waals surface area (Å²) in [5.74, 6) is 0.912. The van der Waals surface area contributed by atoms with E-state index in [-0.39, 0.29) is 6.10 Å². The standard InChI is InChI=1S/C12H17NO2/c1-10-2-4-11(5-3-10)15-9-12-8-13-6-7-14-12/h2-5,12-13H,6-9H2,1H3/t12-/m0/s1. The molecule has 0 spiro atoms. The second-order valence-electron chi connectivity index (χ2n) is 3.82. The molecule has 1 fully saturated rings. The highest BCUT2D eigenvalue weighted by Crippen LogP contribution is 2.12. The summed E-state index contributed by atoms with van der Waals surface area (Å²) >= 11 is 0. The number of aryl methyl sites for hydroxylation is 1. The van der Waals surface area contributed by atoms with E-state index in [1.54, 1.807) is 0 Å². The summed E-state index contributed by atoms with van der Waals surface area (Å²) in [6.45, 7) is 5.29. The molecule has 0 aliphatic carbocycles. The van der Waals surface area contributed by atoms with Gasteiger partial charge in [0.25, 0.3) is 0 Å². The topological polar surface area (TPSA) is 30.5 Å². The van der Waals surface area contributed by atoms with Gasteiger partial charge in [0, 0.05) is 13.1 Å². The van der Waals surface area contributed by atoms with Crippen LogP contribution in [0.5, 0.6) is 5.75 Å². The number of ether oxygens (including phenoxy) is 2. The summed E-state index contributed by atoms with van der Waals surface area (Å²) in [6, 6.07) is 8.09. The molecular formula is C12H17NO2. The van der Waals surface area contributed by atoms with E-state index in [9.17, 15) is 0 Å². The fourth-order valence-corrected chi connectivity index (χ4v) is 1.55. The minimum absolute atomic E-state index is 0.181. The van der Waals surface area contributed by atoms with Crippen molar-refractivity contribution >= 4 is 0 Å². The van der Waals surface area contributed by atoms with Gasteiger partial charge in [-0.25, -0.2) is 0 Å². The van der Waals surface area contributed by atoms with Crippen molar-refractivity contribution < 1.29 is 9.47 Å². The molecule has 1 atom stereocenters. The second kappa shape index (κ2) is 5.14. The van der Waals surface area contributed by atoms with Crippen molar-refractivity contribution in [3.05, 3.63) is 29.8 Å². The first-order valence-electron chi connectivity index (χ1n) is 5.36. The minimum Gasteiger partial charge on any atom is -0.491 e. The smallest absolute Gasteiger partial charge is 0.119 e. The zero-order chi connectivity index (χ0) is 10.5. The van der Waals surface area contributed by atoms with Crippen LogP contribution >= 0.6 is 0 Å². The fourth-order valence-electron chi connectivity index (χ4n) is 1.55. The molecule has 2 rings (SSSR count). The van der Waals surface area contributed by atoms with Gasteiger partial charge in [-0.15, -0.1) is 0 Å². The van der Waals surface area contributed by atoms with Crippen molar-refractivity contribution in [3.8, 4) is 5.75 Å². The Kier molecular flexibility index (Phi) is 3.59. The van der Waals surface area contributed by atoms with E-state index < -0.39 is 0 Å². The maximum atomic E-state index is 5.64. The van der Waals surface area contributed by atoms with Gasteiger partial charge >= 0.3 is 0 Å². The number of nitrogens with one attached hydrogen (secondary N) is 1. The van der Waals surface area contributed by atoms with Crippen LogP contribution in [-0.4, -0.2) is 32.4 Å². The molecule has 1 heterocycles. The third-order valence-corrected chi connectivity index (χ3v) is 2.46. The molecule has 3 nitrogen and oxygen atoms in total. The summed E-state index contributed by atoms with van der Waals surface area (Å²) in [7, 11) is 0. The second-order valence-corrected chi connectivity index (χ2v) is 3.82. The third-order valence-electron chi connectivity index (χ3n) is 2.46. The summed E-state index contributed by atoms with van der Waals surface area (Å²) in [6.07, 6.45) is 0.181. The molecule has 3 heteroatoms. The molecule has 1 aromatic rings. The summed E-state index contributed by atoms with van der Waals surface area (Å²) < 4.78 is 11.2. The molecule has 0 bridgehead atoms. The van der Waals surface area contributed by atoms with E-state index in [1.807, 2.05) is 12.1 Å². The molecule has 82 valence electrons. The largest absolute Gasteiger partial charge is 0.491 e. The molecule has 0 aromatic heterocycles. The van der Waals surface area contributed by atoms with Gasteiger partial charge in [-0.1, -0.05) is 17.7 Å². The predicted octanol–water partition coefficient (Wildman–Crippen LogP) is 1.36. The van der Waals surface area contributed by atoms with Crippen molar-refractivity contribution in [1.82, 2.24) is 5.32 Å². The Labute approximate surface area is 90.4 Å². The Hall–Kier alpha value is -1.06. The summed E-state index contributed by atoms with van der Waals surface area (Å²) in [5.41, 5.74) is 1.25. The van der Waals surface area contributed by atoms with Gasteiger partial charge in [-0.3, -0.25) is 0 Å². The number of hydrogen-bond acceptors (Lipinski definition) is 3. The van der Waals surface area contributed by atoms with E-state index in [4.69, 9.17) is 9.47 Å². The zero-order valence-electron chi connectivity index (χ0n) is 9.03. The van der Waals surface area contributed by atoms with Crippen LogP contribution in [0.4, 0.5) is 0 Å². The van der Waals surface area contributed by atoms with E-state index in [0.717, 1.165) is 25.4 Å². The minimum atomic E-state index is 0.181.